The number of benzene rings is 2. The minimum Gasteiger partial charge on any atom is -0.497 e. The molecule has 0 heterocycles. The molecule has 0 aliphatic rings. The minimum absolute atomic E-state index is 0. The van der Waals surface area contributed by atoms with Crippen LogP contribution in [0.25, 0.3) is 0 Å². The van der Waals surface area contributed by atoms with Crippen LogP contribution in [-0.2, 0) is 12.8 Å². The molecule has 0 aliphatic heterocycles. The van der Waals surface area contributed by atoms with Crippen LogP contribution in [0.2, 0.25) is 0 Å². The summed E-state index contributed by atoms with van der Waals surface area (Å²) in [5.74, 6) is 1.68. The average molecular weight is 319 g/mol. The van der Waals surface area contributed by atoms with E-state index in [4.69, 9.17) is 4.74 Å². The van der Waals surface area contributed by atoms with E-state index in [9.17, 15) is 0 Å². The molecular weight excluding hydrogens is 292 g/mol. The summed E-state index contributed by atoms with van der Waals surface area (Å²) < 4.78 is 5.20. The molecule has 1 nitrogen and oxygen atoms in total. The first kappa shape index (κ1) is 18.6. The van der Waals surface area contributed by atoms with Crippen molar-refractivity contribution in [1.29, 1.82) is 0 Å². The summed E-state index contributed by atoms with van der Waals surface area (Å²) in [6.45, 7) is 2.35. The van der Waals surface area contributed by atoms with E-state index in [1.54, 1.807) is 7.11 Å². The molecule has 0 saturated carbocycles. The SMILES string of the molecule is COc1ccc(C[C@@H](C)CCCCc2ccccc2)cc1.Cl. The molecule has 0 N–H and O–H groups in total. The van der Waals surface area contributed by atoms with Crippen molar-refractivity contribution in [3.05, 3.63) is 65.7 Å². The van der Waals surface area contributed by atoms with Crippen LogP contribution in [0.5, 0.6) is 5.75 Å². The summed E-state index contributed by atoms with van der Waals surface area (Å²) in [4.78, 5) is 0. The monoisotopic (exact) mass is 318 g/mol. The van der Waals surface area contributed by atoms with E-state index in [0.29, 0.717) is 0 Å². The van der Waals surface area contributed by atoms with Crippen LogP contribution in [0, 0.1) is 5.92 Å². The molecule has 120 valence electrons. The number of aryl methyl sites for hydroxylation is 1. The predicted molar refractivity (Wildman–Crippen MR) is 97.1 cm³/mol. The highest BCUT2D eigenvalue weighted by Gasteiger charge is 2.04. The van der Waals surface area contributed by atoms with E-state index in [1.807, 2.05) is 0 Å². The Hall–Kier alpha value is -1.47. The van der Waals surface area contributed by atoms with Crippen molar-refractivity contribution in [3.8, 4) is 5.75 Å². The Morgan fingerprint density at radius 2 is 1.55 bits per heavy atom. The fourth-order valence-corrected chi connectivity index (χ4v) is 2.73. The zero-order chi connectivity index (χ0) is 14.9. The Labute approximate surface area is 141 Å². The van der Waals surface area contributed by atoms with Gasteiger partial charge in [-0.15, -0.1) is 12.4 Å². The van der Waals surface area contributed by atoms with Gasteiger partial charge in [0.1, 0.15) is 5.75 Å². The van der Waals surface area contributed by atoms with Crippen LogP contribution in [0.4, 0.5) is 0 Å². The zero-order valence-corrected chi connectivity index (χ0v) is 14.4. The molecule has 0 saturated heterocycles. The molecule has 22 heavy (non-hydrogen) atoms. The summed E-state index contributed by atoms with van der Waals surface area (Å²) in [7, 11) is 1.71. The van der Waals surface area contributed by atoms with E-state index >= 15 is 0 Å². The number of halogens is 1. The third kappa shape index (κ3) is 6.53. The first-order valence-corrected chi connectivity index (χ1v) is 7.95. The fraction of sp³-hybridized carbons (Fsp3) is 0.400. The average Bonchev–Trinajstić information content (AvgIpc) is 2.53. The van der Waals surface area contributed by atoms with Gasteiger partial charge >= 0.3 is 0 Å². The number of hydrogen-bond donors (Lipinski definition) is 0. The van der Waals surface area contributed by atoms with E-state index in [-0.39, 0.29) is 12.4 Å². The molecule has 0 radical (unpaired) electrons. The minimum atomic E-state index is 0. The topological polar surface area (TPSA) is 9.23 Å². The third-order valence-corrected chi connectivity index (χ3v) is 4.00. The summed E-state index contributed by atoms with van der Waals surface area (Å²) in [6.07, 6.45) is 6.27. The molecule has 1 atom stereocenters. The van der Waals surface area contributed by atoms with Crippen molar-refractivity contribution in [3.63, 3.8) is 0 Å². The number of rotatable bonds is 8. The van der Waals surface area contributed by atoms with E-state index in [2.05, 4.69) is 61.5 Å². The molecule has 2 aromatic carbocycles. The van der Waals surface area contributed by atoms with Gasteiger partial charge in [0.15, 0.2) is 0 Å². The van der Waals surface area contributed by atoms with Gasteiger partial charge in [-0.25, -0.2) is 0 Å². The van der Waals surface area contributed by atoms with Crippen molar-refractivity contribution in [1.82, 2.24) is 0 Å². The lowest BCUT2D eigenvalue weighted by Crippen LogP contribution is -2.00. The molecule has 0 aromatic heterocycles. The van der Waals surface area contributed by atoms with Crippen molar-refractivity contribution in [2.45, 2.75) is 39.0 Å². The lowest BCUT2D eigenvalue weighted by atomic mass is 9.95. The zero-order valence-electron chi connectivity index (χ0n) is 13.6. The van der Waals surface area contributed by atoms with E-state index < -0.39 is 0 Å². The summed E-state index contributed by atoms with van der Waals surface area (Å²) >= 11 is 0. The molecule has 2 rings (SSSR count). The number of unbranched alkanes of at least 4 members (excludes halogenated alkanes) is 1. The van der Waals surface area contributed by atoms with Crippen LogP contribution in [0.15, 0.2) is 54.6 Å². The van der Waals surface area contributed by atoms with Gasteiger partial charge in [-0.1, -0.05) is 62.2 Å². The highest BCUT2D eigenvalue weighted by molar-refractivity contribution is 5.85. The van der Waals surface area contributed by atoms with Crippen molar-refractivity contribution in [2.75, 3.05) is 7.11 Å². The van der Waals surface area contributed by atoms with Gasteiger partial charge in [-0.3, -0.25) is 0 Å². The van der Waals surface area contributed by atoms with Crippen molar-refractivity contribution in [2.24, 2.45) is 5.92 Å². The molecule has 0 aliphatic carbocycles. The quantitative estimate of drug-likeness (QED) is 0.566. The van der Waals surface area contributed by atoms with E-state index in [0.717, 1.165) is 18.1 Å². The van der Waals surface area contributed by atoms with Crippen LogP contribution < -0.4 is 4.74 Å². The number of methoxy groups -OCH3 is 1. The van der Waals surface area contributed by atoms with Gasteiger partial charge in [-0.2, -0.15) is 0 Å². The maximum absolute atomic E-state index is 5.20. The Kier molecular flexibility index (Phi) is 8.69. The Balaban J connectivity index is 0.00000242. The summed E-state index contributed by atoms with van der Waals surface area (Å²) in [6, 6.07) is 19.2. The molecule has 0 unspecified atom stereocenters. The van der Waals surface area contributed by atoms with Crippen LogP contribution in [-0.4, -0.2) is 7.11 Å². The number of hydrogen-bond acceptors (Lipinski definition) is 1. The predicted octanol–water partition coefficient (Wildman–Crippen LogP) is 5.71. The number of ether oxygens (including phenoxy) is 1. The second kappa shape index (κ2) is 10.3. The van der Waals surface area contributed by atoms with Gasteiger partial charge in [0.2, 0.25) is 0 Å². The molecular formula is C20H27ClO. The largest absolute Gasteiger partial charge is 0.497 e. The molecule has 0 spiro atoms. The van der Waals surface area contributed by atoms with Gasteiger partial charge in [-0.05, 0) is 48.4 Å². The lowest BCUT2D eigenvalue weighted by molar-refractivity contribution is 0.414. The Morgan fingerprint density at radius 1 is 0.864 bits per heavy atom. The maximum Gasteiger partial charge on any atom is 0.118 e. The molecule has 0 bridgehead atoms. The van der Waals surface area contributed by atoms with Crippen LogP contribution >= 0.6 is 12.4 Å². The standard InChI is InChI=1S/C20H26O.ClH/c1-17(16-19-12-14-20(21-2)15-13-19)8-6-7-11-18-9-4-3-5-10-18;/h3-5,9-10,12-15,17H,6-8,11,16H2,1-2H3;1H/t17-;/m0./s1. The van der Waals surface area contributed by atoms with Gasteiger partial charge < -0.3 is 4.74 Å². The van der Waals surface area contributed by atoms with Gasteiger partial charge in [0.25, 0.3) is 0 Å². The second-order valence-corrected chi connectivity index (χ2v) is 5.89. The third-order valence-electron chi connectivity index (χ3n) is 4.00. The maximum atomic E-state index is 5.20. The molecule has 2 heteroatoms. The summed E-state index contributed by atoms with van der Waals surface area (Å²) in [5, 5.41) is 0. The lowest BCUT2D eigenvalue weighted by Gasteiger charge is -2.12. The molecule has 0 amide bonds. The smallest absolute Gasteiger partial charge is 0.118 e. The fourth-order valence-electron chi connectivity index (χ4n) is 2.73. The first-order chi connectivity index (χ1) is 10.3. The highest BCUT2D eigenvalue weighted by Crippen LogP contribution is 2.18. The first-order valence-electron chi connectivity index (χ1n) is 7.95. The highest BCUT2D eigenvalue weighted by atomic mass is 35.5. The Bertz CT molecular complexity index is 507. The van der Waals surface area contributed by atoms with Crippen molar-refractivity contribution < 1.29 is 4.74 Å². The molecule has 0 fully saturated rings. The Morgan fingerprint density at radius 3 is 2.18 bits per heavy atom. The summed E-state index contributed by atoms with van der Waals surface area (Å²) in [5.41, 5.74) is 2.87. The van der Waals surface area contributed by atoms with Crippen LogP contribution in [0.3, 0.4) is 0 Å². The molecule has 2 aromatic rings. The van der Waals surface area contributed by atoms with E-state index in [1.165, 1.54) is 36.8 Å². The van der Waals surface area contributed by atoms with Crippen LogP contribution in [0.1, 0.15) is 37.3 Å². The normalized spacial score (nSPS) is 11.5. The van der Waals surface area contributed by atoms with Crippen molar-refractivity contribution >= 4 is 12.4 Å². The van der Waals surface area contributed by atoms with Gasteiger partial charge in [0.05, 0.1) is 7.11 Å². The van der Waals surface area contributed by atoms with Gasteiger partial charge in [0, 0.05) is 0 Å². The second-order valence-electron chi connectivity index (χ2n) is 5.89.